The van der Waals surface area contributed by atoms with Crippen LogP contribution in [-0.2, 0) is 29.3 Å². The van der Waals surface area contributed by atoms with Gasteiger partial charge in [0.25, 0.3) is 0 Å². The van der Waals surface area contributed by atoms with Gasteiger partial charge in [-0.25, -0.2) is 17.5 Å². The molecule has 0 spiro atoms. The minimum absolute atomic E-state index is 0.0274. The van der Waals surface area contributed by atoms with Gasteiger partial charge < -0.3 is 5.11 Å². The Bertz CT molecular complexity index is 996. The van der Waals surface area contributed by atoms with Gasteiger partial charge in [0.1, 0.15) is 5.82 Å². The molecule has 30 heavy (non-hydrogen) atoms. The SMILES string of the molecule is O=S(=O)(NCc1ccccc1CN1CCC[C@@H]1CO)c1ccc(F)cc1C(F)(F)F. The highest BCUT2D eigenvalue weighted by Crippen LogP contribution is 2.34. The fourth-order valence-corrected chi connectivity index (χ4v) is 4.83. The van der Waals surface area contributed by atoms with Crippen molar-refractivity contribution in [1.29, 1.82) is 0 Å². The second-order valence-corrected chi connectivity index (χ2v) is 8.92. The Morgan fingerprint density at radius 1 is 1.13 bits per heavy atom. The molecule has 0 amide bonds. The van der Waals surface area contributed by atoms with E-state index in [1.807, 2.05) is 6.07 Å². The zero-order valence-corrected chi connectivity index (χ0v) is 16.8. The fourth-order valence-electron chi connectivity index (χ4n) is 3.62. The highest BCUT2D eigenvalue weighted by atomic mass is 32.2. The summed E-state index contributed by atoms with van der Waals surface area (Å²) in [5.41, 5.74) is -0.123. The van der Waals surface area contributed by atoms with E-state index in [2.05, 4.69) is 9.62 Å². The number of halogens is 4. The zero-order valence-electron chi connectivity index (χ0n) is 16.0. The number of nitrogens with one attached hydrogen (secondary N) is 1. The van der Waals surface area contributed by atoms with Crippen molar-refractivity contribution < 1.29 is 31.1 Å². The number of hydrogen-bond acceptors (Lipinski definition) is 4. The van der Waals surface area contributed by atoms with Crippen LogP contribution < -0.4 is 4.72 Å². The normalized spacial score (nSPS) is 18.1. The third kappa shape index (κ3) is 5.18. The van der Waals surface area contributed by atoms with E-state index in [0.29, 0.717) is 24.2 Å². The smallest absolute Gasteiger partial charge is 0.395 e. The summed E-state index contributed by atoms with van der Waals surface area (Å²) in [6.07, 6.45) is -3.19. The predicted molar refractivity (Wildman–Crippen MR) is 102 cm³/mol. The molecule has 5 nitrogen and oxygen atoms in total. The second kappa shape index (κ2) is 9.01. The van der Waals surface area contributed by atoms with Gasteiger partial charge in [-0.1, -0.05) is 24.3 Å². The molecule has 1 saturated heterocycles. The first-order valence-corrected chi connectivity index (χ1v) is 10.9. The van der Waals surface area contributed by atoms with E-state index in [9.17, 15) is 31.1 Å². The quantitative estimate of drug-likeness (QED) is 0.641. The summed E-state index contributed by atoms with van der Waals surface area (Å²) in [5.74, 6) is -1.17. The molecule has 0 radical (unpaired) electrons. The predicted octanol–water partition coefficient (Wildman–Crippen LogP) is 3.28. The molecular formula is C20H22F4N2O3S. The topological polar surface area (TPSA) is 69.6 Å². The lowest BCUT2D eigenvalue weighted by atomic mass is 10.1. The van der Waals surface area contributed by atoms with Crippen LogP contribution in [0.15, 0.2) is 47.4 Å². The van der Waals surface area contributed by atoms with E-state index in [1.54, 1.807) is 18.2 Å². The molecule has 1 atom stereocenters. The van der Waals surface area contributed by atoms with Crippen LogP contribution in [-0.4, -0.2) is 37.6 Å². The Morgan fingerprint density at radius 3 is 2.50 bits per heavy atom. The van der Waals surface area contributed by atoms with E-state index in [0.717, 1.165) is 24.9 Å². The lowest BCUT2D eigenvalue weighted by molar-refractivity contribution is -0.140. The summed E-state index contributed by atoms with van der Waals surface area (Å²) in [5, 5.41) is 9.48. The summed E-state index contributed by atoms with van der Waals surface area (Å²) in [4.78, 5) is 1.07. The first-order valence-electron chi connectivity index (χ1n) is 9.40. The van der Waals surface area contributed by atoms with Crippen LogP contribution in [0.5, 0.6) is 0 Å². The number of rotatable bonds is 7. The van der Waals surface area contributed by atoms with Gasteiger partial charge in [-0.05, 0) is 48.7 Å². The third-order valence-electron chi connectivity index (χ3n) is 5.19. The van der Waals surface area contributed by atoms with Crippen LogP contribution in [0.4, 0.5) is 17.6 Å². The number of nitrogens with zero attached hydrogens (tertiary/aromatic N) is 1. The van der Waals surface area contributed by atoms with Crippen LogP contribution in [0.2, 0.25) is 0 Å². The van der Waals surface area contributed by atoms with E-state index in [1.165, 1.54) is 0 Å². The van der Waals surface area contributed by atoms with Crippen molar-refractivity contribution in [3.05, 3.63) is 65.0 Å². The fraction of sp³-hybridized carbons (Fsp3) is 0.400. The standard InChI is InChI=1S/C20H22F4N2O3S/c21-16-7-8-19(18(10-16)20(22,23)24)30(28,29)25-11-14-4-1-2-5-15(14)12-26-9-3-6-17(26)13-27/h1-2,4-5,7-8,10,17,25,27H,3,6,9,11-13H2/t17-/m1/s1. The van der Waals surface area contributed by atoms with Gasteiger partial charge in [-0.2, -0.15) is 13.2 Å². The number of hydrogen-bond donors (Lipinski definition) is 2. The average Bonchev–Trinajstić information content (AvgIpc) is 3.13. The highest BCUT2D eigenvalue weighted by Gasteiger charge is 2.37. The Morgan fingerprint density at radius 2 is 1.83 bits per heavy atom. The number of benzene rings is 2. The van der Waals surface area contributed by atoms with Crippen LogP contribution >= 0.6 is 0 Å². The summed E-state index contributed by atoms with van der Waals surface area (Å²) in [7, 11) is -4.54. The number of alkyl halides is 3. The van der Waals surface area contributed by atoms with Gasteiger partial charge in [0.05, 0.1) is 17.1 Å². The Kier molecular flexibility index (Phi) is 6.81. The molecule has 1 aliphatic heterocycles. The molecule has 0 aliphatic carbocycles. The molecule has 0 saturated carbocycles. The number of likely N-dealkylation sites (tertiary alicyclic amines) is 1. The van der Waals surface area contributed by atoms with Crippen molar-refractivity contribution in [2.45, 2.75) is 43.0 Å². The van der Waals surface area contributed by atoms with Gasteiger partial charge in [0.2, 0.25) is 10.0 Å². The Labute approximate surface area is 172 Å². The molecule has 3 rings (SSSR count). The van der Waals surface area contributed by atoms with Crippen LogP contribution in [0.1, 0.15) is 29.5 Å². The minimum Gasteiger partial charge on any atom is -0.395 e. The van der Waals surface area contributed by atoms with Crippen molar-refractivity contribution in [1.82, 2.24) is 9.62 Å². The minimum atomic E-state index is -5.01. The molecule has 0 unspecified atom stereocenters. The summed E-state index contributed by atoms with van der Waals surface area (Å²) >= 11 is 0. The van der Waals surface area contributed by atoms with Crippen molar-refractivity contribution >= 4 is 10.0 Å². The zero-order chi connectivity index (χ0) is 21.9. The van der Waals surface area contributed by atoms with E-state index in [4.69, 9.17) is 0 Å². The molecule has 1 heterocycles. The highest BCUT2D eigenvalue weighted by molar-refractivity contribution is 7.89. The number of aliphatic hydroxyl groups is 1. The largest absolute Gasteiger partial charge is 0.417 e. The van der Waals surface area contributed by atoms with E-state index >= 15 is 0 Å². The van der Waals surface area contributed by atoms with Crippen molar-refractivity contribution in [3.8, 4) is 0 Å². The second-order valence-electron chi connectivity index (χ2n) is 7.18. The molecule has 2 aromatic rings. The number of aliphatic hydroxyl groups excluding tert-OH is 1. The lowest BCUT2D eigenvalue weighted by Gasteiger charge is -2.24. The molecule has 164 valence electrons. The summed E-state index contributed by atoms with van der Waals surface area (Å²) < 4.78 is 80.2. The first-order chi connectivity index (χ1) is 14.1. The van der Waals surface area contributed by atoms with Crippen molar-refractivity contribution in [3.63, 3.8) is 0 Å². The molecule has 1 aliphatic rings. The van der Waals surface area contributed by atoms with Crippen LogP contribution in [0, 0.1) is 5.82 Å². The van der Waals surface area contributed by atoms with Crippen molar-refractivity contribution in [2.24, 2.45) is 0 Å². The lowest BCUT2D eigenvalue weighted by Crippen LogP contribution is -2.32. The Hall–Kier alpha value is -2.01. The van der Waals surface area contributed by atoms with Crippen LogP contribution in [0.25, 0.3) is 0 Å². The molecule has 2 N–H and O–H groups in total. The summed E-state index contributed by atoms with van der Waals surface area (Å²) in [6.45, 7) is 1.10. The van der Waals surface area contributed by atoms with Gasteiger partial charge in [0, 0.05) is 19.1 Å². The molecule has 1 fully saturated rings. The van der Waals surface area contributed by atoms with E-state index in [-0.39, 0.29) is 25.3 Å². The average molecular weight is 446 g/mol. The summed E-state index contributed by atoms with van der Waals surface area (Å²) in [6, 6.07) is 8.50. The molecule has 2 aromatic carbocycles. The van der Waals surface area contributed by atoms with Crippen molar-refractivity contribution in [2.75, 3.05) is 13.2 Å². The molecule has 10 heteroatoms. The maximum Gasteiger partial charge on any atom is 0.417 e. The molecular weight excluding hydrogens is 424 g/mol. The van der Waals surface area contributed by atoms with Gasteiger partial charge in [-0.3, -0.25) is 4.90 Å². The molecule has 0 bridgehead atoms. The first kappa shape index (κ1) is 22.7. The Balaban J connectivity index is 1.81. The monoisotopic (exact) mass is 446 g/mol. The number of sulfonamides is 1. The maximum absolute atomic E-state index is 13.3. The molecule has 0 aromatic heterocycles. The van der Waals surface area contributed by atoms with Gasteiger partial charge in [-0.15, -0.1) is 0 Å². The van der Waals surface area contributed by atoms with Gasteiger partial charge in [0.15, 0.2) is 0 Å². The maximum atomic E-state index is 13.3. The van der Waals surface area contributed by atoms with E-state index < -0.39 is 32.5 Å². The van der Waals surface area contributed by atoms with Crippen LogP contribution in [0.3, 0.4) is 0 Å². The third-order valence-corrected chi connectivity index (χ3v) is 6.65. The van der Waals surface area contributed by atoms with Gasteiger partial charge >= 0.3 is 6.18 Å².